The van der Waals surface area contributed by atoms with Gasteiger partial charge in [0.25, 0.3) is 0 Å². The number of carbonyl (C=O) groups is 2. The summed E-state index contributed by atoms with van der Waals surface area (Å²) in [6.07, 6.45) is 3.12. The summed E-state index contributed by atoms with van der Waals surface area (Å²) in [5.41, 5.74) is 13.0. The van der Waals surface area contributed by atoms with E-state index < -0.39 is 17.6 Å². The summed E-state index contributed by atoms with van der Waals surface area (Å²) >= 11 is 0. The summed E-state index contributed by atoms with van der Waals surface area (Å²) in [5, 5.41) is 5.82. The molecule has 178 valence electrons. The van der Waals surface area contributed by atoms with E-state index in [1.165, 1.54) is 6.07 Å². The van der Waals surface area contributed by atoms with E-state index in [1.807, 2.05) is 30.3 Å². The van der Waals surface area contributed by atoms with E-state index in [-0.39, 0.29) is 12.2 Å². The molecule has 0 radical (unpaired) electrons. The number of nitrogens with one attached hydrogen (secondary N) is 2. The second-order valence-electron chi connectivity index (χ2n) is 8.17. The zero-order chi connectivity index (χ0) is 24.4. The summed E-state index contributed by atoms with van der Waals surface area (Å²) < 4.78 is 16.3. The molecule has 6 N–H and O–H groups in total. The minimum Gasteiger partial charge on any atom is -0.497 e. The molecule has 33 heavy (non-hydrogen) atoms. The van der Waals surface area contributed by atoms with Gasteiger partial charge in [0.05, 0.1) is 12.8 Å². The SMILES string of the molecule is COc1ccc(COc2cc(C(N)=O)cc(N)c2NC/C=C/CNC(=O)OC(C)(C)C)cc1. The molecule has 0 unspecified atom stereocenters. The lowest BCUT2D eigenvalue weighted by molar-refractivity contribution is 0.0534. The van der Waals surface area contributed by atoms with Crippen LogP contribution in [0, 0.1) is 0 Å². The maximum absolute atomic E-state index is 11.7. The van der Waals surface area contributed by atoms with Crippen molar-refractivity contribution in [2.75, 3.05) is 31.2 Å². The third kappa shape index (κ3) is 8.64. The summed E-state index contributed by atoms with van der Waals surface area (Å²) in [6, 6.07) is 10.5. The summed E-state index contributed by atoms with van der Waals surface area (Å²) in [5.74, 6) is 0.546. The minimum atomic E-state index is -0.601. The van der Waals surface area contributed by atoms with Gasteiger partial charge in [-0.25, -0.2) is 4.79 Å². The molecule has 0 spiro atoms. The largest absolute Gasteiger partial charge is 0.497 e. The van der Waals surface area contributed by atoms with Crippen LogP contribution in [0.4, 0.5) is 16.2 Å². The first-order chi connectivity index (χ1) is 15.6. The molecule has 0 aliphatic rings. The van der Waals surface area contributed by atoms with Crippen molar-refractivity contribution in [2.24, 2.45) is 5.73 Å². The molecule has 0 heterocycles. The van der Waals surface area contributed by atoms with Crippen molar-refractivity contribution in [1.29, 1.82) is 0 Å². The molecule has 2 rings (SSSR count). The van der Waals surface area contributed by atoms with Gasteiger partial charge in [0.2, 0.25) is 5.91 Å². The molecule has 0 aliphatic heterocycles. The summed E-state index contributed by atoms with van der Waals surface area (Å²) in [4.78, 5) is 23.3. The first-order valence-corrected chi connectivity index (χ1v) is 10.4. The molecule has 0 aromatic heterocycles. The van der Waals surface area contributed by atoms with Crippen molar-refractivity contribution in [3.8, 4) is 11.5 Å². The first kappa shape index (κ1) is 25.4. The van der Waals surface area contributed by atoms with Gasteiger partial charge in [-0.1, -0.05) is 24.3 Å². The second kappa shape index (κ2) is 11.7. The zero-order valence-electron chi connectivity index (χ0n) is 19.4. The Morgan fingerprint density at radius 2 is 1.73 bits per heavy atom. The highest BCUT2D eigenvalue weighted by Crippen LogP contribution is 2.33. The highest BCUT2D eigenvalue weighted by molar-refractivity contribution is 5.96. The van der Waals surface area contributed by atoms with E-state index in [1.54, 1.807) is 40.0 Å². The fourth-order valence-corrected chi connectivity index (χ4v) is 2.75. The van der Waals surface area contributed by atoms with Gasteiger partial charge >= 0.3 is 6.09 Å². The van der Waals surface area contributed by atoms with E-state index >= 15 is 0 Å². The van der Waals surface area contributed by atoms with Crippen LogP contribution in [0.2, 0.25) is 0 Å². The van der Waals surface area contributed by atoms with Crippen LogP contribution in [0.25, 0.3) is 0 Å². The van der Waals surface area contributed by atoms with E-state index in [4.69, 9.17) is 25.7 Å². The van der Waals surface area contributed by atoms with Crippen molar-refractivity contribution < 1.29 is 23.8 Å². The van der Waals surface area contributed by atoms with Gasteiger partial charge < -0.3 is 36.3 Å². The number of methoxy groups -OCH3 is 1. The van der Waals surface area contributed by atoms with E-state index in [2.05, 4.69) is 10.6 Å². The normalized spacial score (nSPS) is 11.2. The summed E-state index contributed by atoms with van der Waals surface area (Å²) in [6.45, 7) is 6.39. The number of nitrogen functional groups attached to an aromatic ring is 1. The predicted molar refractivity (Wildman–Crippen MR) is 129 cm³/mol. The lowest BCUT2D eigenvalue weighted by Crippen LogP contribution is -2.32. The maximum Gasteiger partial charge on any atom is 0.407 e. The molecular formula is C24H32N4O5. The Balaban J connectivity index is 2.01. The number of hydrogen-bond donors (Lipinski definition) is 4. The van der Waals surface area contributed by atoms with Gasteiger partial charge in [0, 0.05) is 18.7 Å². The number of amides is 2. The average molecular weight is 457 g/mol. The number of benzene rings is 2. The van der Waals surface area contributed by atoms with Crippen LogP contribution < -0.4 is 31.6 Å². The molecule has 0 aliphatic carbocycles. The smallest absolute Gasteiger partial charge is 0.407 e. The van der Waals surface area contributed by atoms with Crippen LogP contribution in [0.3, 0.4) is 0 Å². The zero-order valence-corrected chi connectivity index (χ0v) is 19.4. The number of carbonyl (C=O) groups excluding carboxylic acids is 2. The van der Waals surface area contributed by atoms with Gasteiger partial charge in [-0.05, 0) is 50.6 Å². The van der Waals surface area contributed by atoms with Gasteiger partial charge in [0.1, 0.15) is 29.4 Å². The fraction of sp³-hybridized carbons (Fsp3) is 0.333. The number of rotatable bonds is 10. The second-order valence-corrected chi connectivity index (χ2v) is 8.17. The van der Waals surface area contributed by atoms with E-state index in [9.17, 15) is 9.59 Å². The molecule has 0 saturated carbocycles. The van der Waals surface area contributed by atoms with Gasteiger partial charge in [-0.3, -0.25) is 4.79 Å². The molecule has 0 saturated heterocycles. The highest BCUT2D eigenvalue weighted by atomic mass is 16.6. The summed E-state index contributed by atoms with van der Waals surface area (Å²) in [7, 11) is 1.60. The predicted octanol–water partition coefficient (Wildman–Crippen LogP) is 3.45. The van der Waals surface area contributed by atoms with Crippen LogP contribution in [-0.2, 0) is 11.3 Å². The van der Waals surface area contributed by atoms with E-state index in [0.29, 0.717) is 30.2 Å². The first-order valence-electron chi connectivity index (χ1n) is 10.4. The number of anilines is 2. The number of alkyl carbamates (subject to hydrolysis) is 1. The monoisotopic (exact) mass is 456 g/mol. The van der Waals surface area contributed by atoms with Gasteiger partial charge in [0.15, 0.2) is 0 Å². The molecule has 0 bridgehead atoms. The van der Waals surface area contributed by atoms with Crippen molar-refractivity contribution in [2.45, 2.75) is 33.0 Å². The Morgan fingerprint density at radius 1 is 1.06 bits per heavy atom. The third-order valence-electron chi connectivity index (χ3n) is 4.30. The van der Waals surface area contributed by atoms with Crippen molar-refractivity contribution >= 4 is 23.4 Å². The van der Waals surface area contributed by atoms with Crippen molar-refractivity contribution in [1.82, 2.24) is 5.32 Å². The van der Waals surface area contributed by atoms with Crippen LogP contribution >= 0.6 is 0 Å². The standard InChI is InChI=1S/C24H32N4O5/c1-24(2,3)33-23(30)28-12-6-5-11-27-21-19(25)13-17(22(26)29)14-20(21)32-15-16-7-9-18(31-4)10-8-16/h5-10,13-14,27H,11-12,15,25H2,1-4H3,(H2,26,29)(H,28,30)/b6-5+. The molecule has 9 nitrogen and oxygen atoms in total. The van der Waals surface area contributed by atoms with Crippen LogP contribution in [0.15, 0.2) is 48.6 Å². The lowest BCUT2D eigenvalue weighted by Gasteiger charge is -2.19. The topological polar surface area (TPSA) is 138 Å². The Bertz CT molecular complexity index is 982. The number of ether oxygens (including phenoxy) is 3. The van der Waals surface area contributed by atoms with Gasteiger partial charge in [-0.2, -0.15) is 0 Å². The lowest BCUT2D eigenvalue weighted by atomic mass is 10.1. The van der Waals surface area contributed by atoms with Crippen LogP contribution in [0.5, 0.6) is 11.5 Å². The minimum absolute atomic E-state index is 0.250. The Hall–Kier alpha value is -3.88. The molecule has 0 atom stereocenters. The molecule has 0 fully saturated rings. The third-order valence-corrected chi connectivity index (χ3v) is 4.30. The van der Waals surface area contributed by atoms with Crippen molar-refractivity contribution in [3.05, 3.63) is 59.7 Å². The van der Waals surface area contributed by atoms with Crippen molar-refractivity contribution in [3.63, 3.8) is 0 Å². The molecule has 2 aromatic carbocycles. The molecule has 9 heteroatoms. The molecular weight excluding hydrogens is 424 g/mol. The Labute approximate surface area is 194 Å². The molecule has 2 aromatic rings. The quantitative estimate of drug-likeness (QED) is 0.317. The fourth-order valence-electron chi connectivity index (χ4n) is 2.75. The number of primary amides is 1. The van der Waals surface area contributed by atoms with Crippen LogP contribution in [0.1, 0.15) is 36.7 Å². The van der Waals surface area contributed by atoms with E-state index in [0.717, 1.165) is 11.3 Å². The number of hydrogen-bond acceptors (Lipinski definition) is 7. The van der Waals surface area contributed by atoms with Crippen LogP contribution in [-0.4, -0.2) is 37.8 Å². The Kier molecular flexibility index (Phi) is 8.97. The molecule has 2 amide bonds. The van der Waals surface area contributed by atoms with Gasteiger partial charge in [-0.15, -0.1) is 0 Å². The Morgan fingerprint density at radius 3 is 2.33 bits per heavy atom. The number of nitrogens with two attached hydrogens (primary N) is 2. The maximum atomic E-state index is 11.7. The average Bonchev–Trinajstić information content (AvgIpc) is 2.74. The highest BCUT2D eigenvalue weighted by Gasteiger charge is 2.15.